The van der Waals surface area contributed by atoms with Crippen molar-refractivity contribution in [2.75, 3.05) is 20.1 Å². The molecule has 4 nitrogen and oxygen atoms in total. The van der Waals surface area contributed by atoms with E-state index in [9.17, 15) is 0 Å². The minimum Gasteiger partial charge on any atom is -0.368 e. The minimum absolute atomic E-state index is 0.832. The number of benzene rings is 1. The number of nitrogens with zero attached hydrogens (tertiary/aromatic N) is 3. The Bertz CT molecular complexity index is 705. The Morgan fingerprint density at radius 1 is 1.30 bits per heavy atom. The molecule has 0 atom stereocenters. The second kappa shape index (κ2) is 7.09. The van der Waals surface area contributed by atoms with Crippen LogP contribution in [0, 0.1) is 0 Å². The minimum atomic E-state index is 0.832. The van der Waals surface area contributed by atoms with E-state index in [1.165, 1.54) is 5.56 Å². The normalized spacial score (nSPS) is 20.8. The van der Waals surface area contributed by atoms with Gasteiger partial charge in [0.05, 0.1) is 18.0 Å². The van der Waals surface area contributed by atoms with Crippen LogP contribution in [0.5, 0.6) is 0 Å². The zero-order chi connectivity index (χ0) is 16.1. The highest BCUT2D eigenvalue weighted by Crippen LogP contribution is 2.20. The molecule has 0 unspecified atom stereocenters. The van der Waals surface area contributed by atoms with E-state index < -0.39 is 0 Å². The van der Waals surface area contributed by atoms with Gasteiger partial charge in [-0.25, -0.2) is 0 Å². The van der Waals surface area contributed by atoms with Crippen molar-refractivity contribution in [2.45, 2.75) is 13.5 Å². The molecule has 0 saturated carbocycles. The predicted octanol–water partition coefficient (Wildman–Crippen LogP) is 2.90. The van der Waals surface area contributed by atoms with Crippen LogP contribution in [0.25, 0.3) is 0 Å². The molecule has 0 aromatic heterocycles. The summed E-state index contributed by atoms with van der Waals surface area (Å²) in [6.07, 6.45) is 10.3. The molecular weight excluding hydrogens is 284 g/mol. The van der Waals surface area contributed by atoms with Crippen molar-refractivity contribution < 1.29 is 0 Å². The Kier molecular flexibility index (Phi) is 4.71. The van der Waals surface area contributed by atoms with Crippen LogP contribution >= 0.6 is 0 Å². The van der Waals surface area contributed by atoms with Gasteiger partial charge in [-0.15, -0.1) is 0 Å². The lowest BCUT2D eigenvalue weighted by Crippen LogP contribution is -2.19. The maximum Gasteiger partial charge on any atom is 0.128 e. The molecule has 0 spiro atoms. The first-order chi connectivity index (χ1) is 11.3. The first-order valence-electron chi connectivity index (χ1n) is 7.94. The number of amidine groups is 1. The first kappa shape index (κ1) is 15.3. The first-order valence-corrected chi connectivity index (χ1v) is 7.94. The molecule has 0 radical (unpaired) electrons. The SMILES string of the molecule is C\C=C/C=C1\C(=N\C)C=CN1Cc1ccc(C2=NCCN2)cc1. The van der Waals surface area contributed by atoms with Crippen LogP contribution < -0.4 is 5.32 Å². The van der Waals surface area contributed by atoms with E-state index in [1.54, 1.807) is 0 Å². The highest BCUT2D eigenvalue weighted by atomic mass is 15.1. The maximum absolute atomic E-state index is 4.46. The quantitative estimate of drug-likeness (QED) is 0.929. The van der Waals surface area contributed by atoms with E-state index >= 15 is 0 Å². The van der Waals surface area contributed by atoms with E-state index in [0.717, 1.165) is 42.4 Å². The van der Waals surface area contributed by atoms with Crippen LogP contribution in [0.15, 0.2) is 70.5 Å². The van der Waals surface area contributed by atoms with E-state index in [0.29, 0.717) is 0 Å². The summed E-state index contributed by atoms with van der Waals surface area (Å²) in [6.45, 7) is 4.66. The molecule has 0 bridgehead atoms. The molecule has 2 aliphatic heterocycles. The summed E-state index contributed by atoms with van der Waals surface area (Å²) in [4.78, 5) is 11.0. The molecule has 1 aromatic carbocycles. The fourth-order valence-corrected chi connectivity index (χ4v) is 2.72. The summed E-state index contributed by atoms with van der Waals surface area (Å²) in [7, 11) is 1.83. The van der Waals surface area contributed by atoms with E-state index in [1.807, 2.05) is 26.1 Å². The van der Waals surface area contributed by atoms with E-state index in [2.05, 4.69) is 62.8 Å². The average Bonchev–Trinajstić information content (AvgIpc) is 3.23. The molecule has 1 N–H and O–H groups in total. The standard InChI is InChI=1S/C19H22N4/c1-3-4-5-18-17(20-2)10-13-23(18)14-15-6-8-16(9-7-15)19-21-11-12-22-19/h3-10,13H,11-12,14H2,1-2H3,(H,21,22)/b4-3-,18-5+,20-17+. The Morgan fingerprint density at radius 3 is 2.78 bits per heavy atom. The monoisotopic (exact) mass is 306 g/mol. The molecule has 23 heavy (non-hydrogen) atoms. The van der Waals surface area contributed by atoms with Crippen LogP contribution in [0.4, 0.5) is 0 Å². The molecule has 1 aromatic rings. The highest BCUT2D eigenvalue weighted by molar-refractivity contribution is 6.10. The summed E-state index contributed by atoms with van der Waals surface area (Å²) in [6, 6.07) is 8.60. The van der Waals surface area contributed by atoms with Gasteiger partial charge in [0.1, 0.15) is 5.84 Å². The van der Waals surface area contributed by atoms with Crippen molar-refractivity contribution in [1.29, 1.82) is 0 Å². The largest absolute Gasteiger partial charge is 0.368 e. The van der Waals surface area contributed by atoms with Gasteiger partial charge in [0.25, 0.3) is 0 Å². The molecule has 2 heterocycles. The van der Waals surface area contributed by atoms with Crippen molar-refractivity contribution in [3.05, 3.63) is 71.6 Å². The van der Waals surface area contributed by atoms with Gasteiger partial charge in [-0.1, -0.05) is 36.4 Å². The zero-order valence-electron chi connectivity index (χ0n) is 13.7. The van der Waals surface area contributed by atoms with Gasteiger partial charge in [0.15, 0.2) is 0 Å². The molecule has 2 aliphatic rings. The lowest BCUT2D eigenvalue weighted by molar-refractivity contribution is 0.491. The van der Waals surface area contributed by atoms with Crippen molar-refractivity contribution in [1.82, 2.24) is 10.2 Å². The molecule has 0 aliphatic carbocycles. The second-order valence-electron chi connectivity index (χ2n) is 5.48. The fraction of sp³-hybridized carbons (Fsp3) is 0.263. The van der Waals surface area contributed by atoms with Crippen LogP contribution in [0.2, 0.25) is 0 Å². The number of rotatable bonds is 4. The van der Waals surface area contributed by atoms with E-state index in [4.69, 9.17) is 0 Å². The number of nitrogens with one attached hydrogen (secondary N) is 1. The summed E-state index contributed by atoms with van der Waals surface area (Å²) in [5.74, 6) is 1.01. The van der Waals surface area contributed by atoms with Gasteiger partial charge in [-0.05, 0) is 24.6 Å². The summed E-state index contributed by atoms with van der Waals surface area (Å²) in [5, 5.41) is 3.31. The third kappa shape index (κ3) is 3.42. The average molecular weight is 306 g/mol. The van der Waals surface area contributed by atoms with Crippen molar-refractivity contribution in [3.63, 3.8) is 0 Å². The maximum atomic E-state index is 4.46. The van der Waals surface area contributed by atoms with Gasteiger partial charge >= 0.3 is 0 Å². The number of hydrogen-bond donors (Lipinski definition) is 1. The van der Waals surface area contributed by atoms with Crippen LogP contribution in [-0.2, 0) is 6.54 Å². The molecule has 3 rings (SSSR count). The van der Waals surface area contributed by atoms with Gasteiger partial charge in [-0.2, -0.15) is 0 Å². The number of hydrogen-bond acceptors (Lipinski definition) is 4. The van der Waals surface area contributed by atoms with Crippen molar-refractivity contribution in [2.24, 2.45) is 9.98 Å². The van der Waals surface area contributed by atoms with E-state index in [-0.39, 0.29) is 0 Å². The summed E-state index contributed by atoms with van der Waals surface area (Å²) >= 11 is 0. The molecular formula is C19H22N4. The lowest BCUT2D eigenvalue weighted by atomic mass is 10.1. The molecule has 118 valence electrons. The third-order valence-electron chi connectivity index (χ3n) is 3.93. The zero-order valence-corrected chi connectivity index (χ0v) is 13.7. The summed E-state index contributed by atoms with van der Waals surface area (Å²) in [5.41, 5.74) is 4.57. The Labute approximate surface area is 137 Å². The van der Waals surface area contributed by atoms with Crippen LogP contribution in [0.3, 0.4) is 0 Å². The van der Waals surface area contributed by atoms with Crippen LogP contribution in [0.1, 0.15) is 18.1 Å². The topological polar surface area (TPSA) is 40.0 Å². The highest BCUT2D eigenvalue weighted by Gasteiger charge is 2.17. The van der Waals surface area contributed by atoms with Gasteiger partial charge in [0.2, 0.25) is 0 Å². The smallest absolute Gasteiger partial charge is 0.128 e. The van der Waals surface area contributed by atoms with Gasteiger partial charge in [0, 0.05) is 31.9 Å². The van der Waals surface area contributed by atoms with Crippen molar-refractivity contribution in [3.8, 4) is 0 Å². The van der Waals surface area contributed by atoms with Gasteiger partial charge < -0.3 is 10.2 Å². The second-order valence-corrected chi connectivity index (χ2v) is 5.48. The number of aliphatic imine (C=N–C) groups is 2. The Hall–Kier alpha value is -2.62. The molecule has 0 saturated heterocycles. The fourth-order valence-electron chi connectivity index (χ4n) is 2.72. The Balaban J connectivity index is 1.74. The molecule has 0 amide bonds. The molecule has 4 heteroatoms. The number of allylic oxidation sites excluding steroid dienone is 4. The summed E-state index contributed by atoms with van der Waals surface area (Å²) < 4.78 is 0. The lowest BCUT2D eigenvalue weighted by Gasteiger charge is -2.18. The predicted molar refractivity (Wildman–Crippen MR) is 96.8 cm³/mol. The van der Waals surface area contributed by atoms with Gasteiger partial charge in [-0.3, -0.25) is 9.98 Å². The third-order valence-corrected chi connectivity index (χ3v) is 3.93. The van der Waals surface area contributed by atoms with Crippen molar-refractivity contribution >= 4 is 11.5 Å². The van der Waals surface area contributed by atoms with Crippen LogP contribution in [-0.4, -0.2) is 36.6 Å². The Morgan fingerprint density at radius 2 is 2.13 bits per heavy atom. The molecule has 0 fully saturated rings.